The molecular formula is C12H12N4. The van der Waals surface area contributed by atoms with E-state index < -0.39 is 0 Å². The van der Waals surface area contributed by atoms with Gasteiger partial charge in [-0.25, -0.2) is 4.98 Å². The van der Waals surface area contributed by atoms with Gasteiger partial charge in [-0.15, -0.1) is 5.10 Å². The van der Waals surface area contributed by atoms with Crippen LogP contribution in [0.25, 0.3) is 11.4 Å². The first-order chi connectivity index (χ1) is 7.93. The molecule has 0 atom stereocenters. The third-order valence-corrected chi connectivity index (χ3v) is 2.70. The zero-order valence-corrected chi connectivity index (χ0v) is 8.85. The van der Waals surface area contributed by atoms with Gasteiger partial charge in [-0.2, -0.15) is 5.10 Å². The average Bonchev–Trinajstić information content (AvgIpc) is 2.39. The Kier molecular flexibility index (Phi) is 2.34. The fraction of sp³-hybridized carbons (Fsp3) is 0.250. The molecule has 2 heterocycles. The van der Waals surface area contributed by atoms with E-state index in [2.05, 4.69) is 20.5 Å². The summed E-state index contributed by atoms with van der Waals surface area (Å²) in [7, 11) is 0. The lowest BCUT2D eigenvalue weighted by Gasteiger charge is -2.14. The minimum Gasteiger partial charge on any atom is -0.311 e. The van der Waals surface area contributed by atoms with Crippen molar-refractivity contribution in [1.82, 2.24) is 20.5 Å². The van der Waals surface area contributed by atoms with Crippen LogP contribution in [-0.4, -0.2) is 21.7 Å². The van der Waals surface area contributed by atoms with Crippen LogP contribution in [0.5, 0.6) is 0 Å². The molecule has 1 aliphatic rings. The Labute approximate surface area is 93.8 Å². The van der Waals surface area contributed by atoms with Crippen LogP contribution in [0.3, 0.4) is 0 Å². The minimum absolute atomic E-state index is 0.723. The van der Waals surface area contributed by atoms with Crippen LogP contribution < -0.4 is 5.32 Å². The van der Waals surface area contributed by atoms with Gasteiger partial charge in [0.25, 0.3) is 0 Å². The van der Waals surface area contributed by atoms with Gasteiger partial charge in [0.05, 0.1) is 11.4 Å². The standard InChI is InChI=1S/C12H12N4/c1-2-4-9(5-3-1)12-14-10-6-7-13-8-11(10)15-16-12/h1-5,13H,6-8H2. The topological polar surface area (TPSA) is 50.7 Å². The summed E-state index contributed by atoms with van der Waals surface area (Å²) in [5.74, 6) is 0.723. The normalized spacial score (nSPS) is 14.5. The van der Waals surface area contributed by atoms with Crippen molar-refractivity contribution in [3.63, 3.8) is 0 Å². The second kappa shape index (κ2) is 3.98. The van der Waals surface area contributed by atoms with Gasteiger partial charge in [0, 0.05) is 25.1 Å². The highest BCUT2D eigenvalue weighted by molar-refractivity contribution is 5.54. The molecule has 1 aromatic carbocycles. The third-order valence-electron chi connectivity index (χ3n) is 2.70. The van der Waals surface area contributed by atoms with Crippen molar-refractivity contribution >= 4 is 0 Å². The molecule has 0 aliphatic carbocycles. The van der Waals surface area contributed by atoms with Gasteiger partial charge < -0.3 is 5.32 Å². The molecule has 1 aromatic heterocycles. The summed E-state index contributed by atoms with van der Waals surface area (Å²) in [5, 5.41) is 11.6. The summed E-state index contributed by atoms with van der Waals surface area (Å²) in [4.78, 5) is 4.57. The van der Waals surface area contributed by atoms with Gasteiger partial charge in [0.2, 0.25) is 0 Å². The molecule has 0 amide bonds. The van der Waals surface area contributed by atoms with Gasteiger partial charge in [-0.3, -0.25) is 0 Å². The molecule has 0 saturated heterocycles. The predicted octanol–water partition coefficient (Wildman–Crippen LogP) is 1.18. The van der Waals surface area contributed by atoms with E-state index in [0.717, 1.165) is 42.3 Å². The molecule has 0 unspecified atom stereocenters. The Morgan fingerprint density at radius 3 is 2.75 bits per heavy atom. The summed E-state index contributed by atoms with van der Waals surface area (Å²) < 4.78 is 0. The van der Waals surface area contributed by atoms with Crippen LogP contribution in [0.4, 0.5) is 0 Å². The van der Waals surface area contributed by atoms with Crippen LogP contribution >= 0.6 is 0 Å². The summed E-state index contributed by atoms with van der Waals surface area (Å²) >= 11 is 0. The van der Waals surface area contributed by atoms with Gasteiger partial charge in [-0.05, 0) is 0 Å². The molecule has 0 bridgehead atoms. The smallest absolute Gasteiger partial charge is 0.182 e. The lowest BCUT2D eigenvalue weighted by molar-refractivity contribution is 0.600. The summed E-state index contributed by atoms with van der Waals surface area (Å²) in [6, 6.07) is 9.97. The van der Waals surface area contributed by atoms with E-state index in [1.807, 2.05) is 30.3 Å². The predicted molar refractivity (Wildman–Crippen MR) is 60.7 cm³/mol. The second-order valence-corrected chi connectivity index (χ2v) is 3.82. The van der Waals surface area contributed by atoms with Crippen molar-refractivity contribution in [2.24, 2.45) is 0 Å². The molecule has 0 saturated carbocycles. The van der Waals surface area contributed by atoms with Crippen molar-refractivity contribution in [2.75, 3.05) is 6.54 Å². The maximum atomic E-state index is 4.57. The van der Waals surface area contributed by atoms with Crippen molar-refractivity contribution < 1.29 is 0 Å². The van der Waals surface area contributed by atoms with Crippen molar-refractivity contribution in [3.05, 3.63) is 41.7 Å². The zero-order valence-electron chi connectivity index (χ0n) is 8.85. The SMILES string of the molecule is c1ccc(-c2nnc3c(n2)CCNC3)cc1. The maximum Gasteiger partial charge on any atom is 0.182 e. The Morgan fingerprint density at radius 1 is 1.00 bits per heavy atom. The molecule has 2 aromatic rings. The molecule has 16 heavy (non-hydrogen) atoms. The average molecular weight is 212 g/mol. The minimum atomic E-state index is 0.723. The van der Waals surface area contributed by atoms with E-state index in [4.69, 9.17) is 0 Å². The highest BCUT2D eigenvalue weighted by atomic mass is 15.2. The van der Waals surface area contributed by atoms with Gasteiger partial charge in [-0.1, -0.05) is 30.3 Å². The second-order valence-electron chi connectivity index (χ2n) is 3.82. The summed E-state index contributed by atoms with van der Waals surface area (Å²) in [6.07, 6.45) is 0.935. The molecule has 3 rings (SSSR count). The first-order valence-corrected chi connectivity index (χ1v) is 5.42. The highest BCUT2D eigenvalue weighted by Crippen LogP contribution is 2.15. The number of nitrogens with one attached hydrogen (secondary N) is 1. The van der Waals surface area contributed by atoms with Crippen LogP contribution in [0.2, 0.25) is 0 Å². The summed E-state index contributed by atoms with van der Waals surface area (Å²) in [6.45, 7) is 1.75. The quantitative estimate of drug-likeness (QED) is 0.771. The molecule has 4 nitrogen and oxygen atoms in total. The van der Waals surface area contributed by atoms with E-state index in [-0.39, 0.29) is 0 Å². The molecule has 0 fully saturated rings. The van der Waals surface area contributed by atoms with E-state index in [0.29, 0.717) is 0 Å². The Hall–Kier alpha value is -1.81. The van der Waals surface area contributed by atoms with Crippen LogP contribution in [0, 0.1) is 0 Å². The molecular weight excluding hydrogens is 200 g/mol. The van der Waals surface area contributed by atoms with Crippen LogP contribution in [0.15, 0.2) is 30.3 Å². The van der Waals surface area contributed by atoms with Crippen molar-refractivity contribution in [1.29, 1.82) is 0 Å². The van der Waals surface area contributed by atoms with Crippen LogP contribution in [0.1, 0.15) is 11.4 Å². The molecule has 1 N–H and O–H groups in total. The van der Waals surface area contributed by atoms with Gasteiger partial charge >= 0.3 is 0 Å². The van der Waals surface area contributed by atoms with Crippen molar-refractivity contribution in [2.45, 2.75) is 13.0 Å². The van der Waals surface area contributed by atoms with E-state index in [9.17, 15) is 0 Å². The first kappa shape index (κ1) is 9.42. The van der Waals surface area contributed by atoms with Crippen molar-refractivity contribution in [3.8, 4) is 11.4 Å². The molecule has 0 spiro atoms. The highest BCUT2D eigenvalue weighted by Gasteiger charge is 2.13. The fourth-order valence-corrected chi connectivity index (χ4v) is 1.84. The monoisotopic (exact) mass is 212 g/mol. The maximum absolute atomic E-state index is 4.57. The van der Waals surface area contributed by atoms with E-state index in [1.54, 1.807) is 0 Å². The number of aromatic nitrogens is 3. The molecule has 4 heteroatoms. The van der Waals surface area contributed by atoms with Gasteiger partial charge in [0.1, 0.15) is 0 Å². The Balaban J connectivity index is 2.03. The summed E-state index contributed by atoms with van der Waals surface area (Å²) in [5.41, 5.74) is 3.08. The fourth-order valence-electron chi connectivity index (χ4n) is 1.84. The van der Waals surface area contributed by atoms with Crippen LogP contribution in [-0.2, 0) is 13.0 Å². The number of hydrogen-bond donors (Lipinski definition) is 1. The third kappa shape index (κ3) is 1.67. The lowest BCUT2D eigenvalue weighted by Crippen LogP contribution is -2.26. The first-order valence-electron chi connectivity index (χ1n) is 5.42. The Bertz CT molecular complexity index is 496. The number of rotatable bonds is 1. The van der Waals surface area contributed by atoms with E-state index >= 15 is 0 Å². The zero-order chi connectivity index (χ0) is 10.8. The Morgan fingerprint density at radius 2 is 1.88 bits per heavy atom. The lowest BCUT2D eigenvalue weighted by atomic mass is 10.1. The number of hydrogen-bond acceptors (Lipinski definition) is 4. The number of fused-ring (bicyclic) bond motifs is 1. The molecule has 1 aliphatic heterocycles. The number of benzene rings is 1. The largest absolute Gasteiger partial charge is 0.311 e. The van der Waals surface area contributed by atoms with E-state index in [1.165, 1.54) is 0 Å². The molecule has 0 radical (unpaired) electrons. The molecule has 80 valence electrons. The van der Waals surface area contributed by atoms with Gasteiger partial charge in [0.15, 0.2) is 5.82 Å². The number of nitrogens with zero attached hydrogens (tertiary/aromatic N) is 3.